The van der Waals surface area contributed by atoms with Crippen molar-refractivity contribution in [3.8, 4) is 0 Å². The Morgan fingerprint density at radius 1 is 1.04 bits per heavy atom. The lowest BCUT2D eigenvalue weighted by Gasteiger charge is -2.32. The number of anilines is 1. The summed E-state index contributed by atoms with van der Waals surface area (Å²) in [6, 6.07) is 10.4. The van der Waals surface area contributed by atoms with E-state index >= 15 is 0 Å². The number of hydrogen-bond acceptors (Lipinski definition) is 2. The maximum Gasteiger partial charge on any atom is 0.231 e. The number of carbonyl (C=O) groups is 2. The highest BCUT2D eigenvalue weighted by atomic mass is 19.1. The number of rotatable bonds is 3. The third-order valence-corrected chi connectivity index (χ3v) is 5.10. The number of halogens is 2. The van der Waals surface area contributed by atoms with Gasteiger partial charge in [0.15, 0.2) is 0 Å². The molecule has 0 N–H and O–H groups in total. The van der Waals surface area contributed by atoms with Gasteiger partial charge in [-0.25, -0.2) is 8.78 Å². The lowest BCUT2D eigenvalue weighted by atomic mass is 10.1. The van der Waals surface area contributed by atoms with Crippen LogP contribution >= 0.6 is 0 Å². The molecule has 0 aromatic heterocycles. The van der Waals surface area contributed by atoms with Crippen molar-refractivity contribution in [2.75, 3.05) is 11.4 Å². The lowest BCUT2D eigenvalue weighted by molar-refractivity contribution is -0.132. The van der Waals surface area contributed by atoms with Crippen molar-refractivity contribution in [1.82, 2.24) is 4.90 Å². The highest BCUT2D eigenvalue weighted by molar-refractivity contribution is 5.96. The van der Waals surface area contributed by atoms with Gasteiger partial charge in [-0.15, -0.1) is 0 Å². The Bertz CT molecular complexity index is 878. The van der Waals surface area contributed by atoms with Crippen LogP contribution in [0.1, 0.15) is 30.4 Å². The SMILES string of the molecule is O=C(Cc1ccc(F)cc1)N1CCC(=O)N(C2CC2)Cc2cc(F)ccc21. The molecule has 0 saturated heterocycles. The Hall–Kier alpha value is -2.76. The van der Waals surface area contributed by atoms with Gasteiger partial charge in [0, 0.05) is 31.2 Å². The minimum absolute atomic E-state index is 0.00741. The average Bonchev–Trinajstić information content (AvgIpc) is 3.46. The molecule has 6 heteroatoms. The van der Waals surface area contributed by atoms with Crippen LogP contribution < -0.4 is 4.90 Å². The summed E-state index contributed by atoms with van der Waals surface area (Å²) in [5, 5.41) is 0. The van der Waals surface area contributed by atoms with E-state index < -0.39 is 0 Å². The van der Waals surface area contributed by atoms with Gasteiger partial charge in [-0.3, -0.25) is 9.59 Å². The van der Waals surface area contributed by atoms with Gasteiger partial charge in [-0.2, -0.15) is 0 Å². The largest absolute Gasteiger partial charge is 0.335 e. The summed E-state index contributed by atoms with van der Waals surface area (Å²) in [7, 11) is 0. The van der Waals surface area contributed by atoms with Crippen molar-refractivity contribution in [1.29, 1.82) is 0 Å². The Balaban J connectivity index is 1.63. The smallest absolute Gasteiger partial charge is 0.231 e. The van der Waals surface area contributed by atoms with Gasteiger partial charge in [-0.05, 0) is 54.3 Å². The Morgan fingerprint density at radius 2 is 1.74 bits per heavy atom. The van der Waals surface area contributed by atoms with Gasteiger partial charge >= 0.3 is 0 Å². The van der Waals surface area contributed by atoms with Crippen LogP contribution in [0.5, 0.6) is 0 Å². The number of benzene rings is 2. The van der Waals surface area contributed by atoms with Gasteiger partial charge < -0.3 is 9.80 Å². The fourth-order valence-electron chi connectivity index (χ4n) is 3.54. The van der Waals surface area contributed by atoms with Crippen molar-refractivity contribution >= 4 is 17.5 Å². The van der Waals surface area contributed by atoms with Crippen LogP contribution in [0, 0.1) is 11.6 Å². The van der Waals surface area contributed by atoms with Crippen molar-refractivity contribution < 1.29 is 18.4 Å². The lowest BCUT2D eigenvalue weighted by Crippen LogP contribution is -2.42. The summed E-state index contributed by atoms with van der Waals surface area (Å²) in [4.78, 5) is 28.8. The predicted octanol–water partition coefficient (Wildman–Crippen LogP) is 3.44. The van der Waals surface area contributed by atoms with E-state index in [1.165, 1.54) is 24.3 Å². The van der Waals surface area contributed by atoms with Crippen molar-refractivity contribution in [3.63, 3.8) is 0 Å². The Morgan fingerprint density at radius 3 is 2.44 bits per heavy atom. The fourth-order valence-corrected chi connectivity index (χ4v) is 3.54. The third kappa shape index (κ3) is 3.84. The van der Waals surface area contributed by atoms with E-state index in [4.69, 9.17) is 0 Å². The standard InChI is InChI=1S/C21H20F2N2O2/c22-16-3-1-14(2-4-16)11-21(27)24-10-9-20(26)25(18-6-7-18)13-15-12-17(23)5-8-19(15)24/h1-5,8,12,18H,6-7,9-11,13H2. The normalized spacial score (nSPS) is 17.3. The van der Waals surface area contributed by atoms with E-state index in [2.05, 4.69) is 0 Å². The van der Waals surface area contributed by atoms with Gasteiger partial charge in [-0.1, -0.05) is 12.1 Å². The zero-order valence-corrected chi connectivity index (χ0v) is 14.8. The number of nitrogens with zero attached hydrogens (tertiary/aromatic N) is 2. The molecule has 0 spiro atoms. The van der Waals surface area contributed by atoms with E-state index in [9.17, 15) is 18.4 Å². The molecule has 2 aromatic carbocycles. The number of carbonyl (C=O) groups excluding carboxylic acids is 2. The molecular weight excluding hydrogens is 350 g/mol. The zero-order chi connectivity index (χ0) is 19.0. The molecule has 2 aromatic rings. The van der Waals surface area contributed by atoms with Crippen LogP contribution in [0.15, 0.2) is 42.5 Å². The van der Waals surface area contributed by atoms with Crippen LogP contribution in [0.25, 0.3) is 0 Å². The summed E-state index contributed by atoms with van der Waals surface area (Å²) < 4.78 is 26.9. The number of hydrogen-bond donors (Lipinski definition) is 0. The van der Waals surface area contributed by atoms with Gasteiger partial charge in [0.05, 0.1) is 6.42 Å². The van der Waals surface area contributed by atoms with Gasteiger partial charge in [0.1, 0.15) is 11.6 Å². The first-order valence-electron chi connectivity index (χ1n) is 9.14. The molecule has 1 fully saturated rings. The van der Waals surface area contributed by atoms with Crippen LogP contribution in [-0.2, 0) is 22.6 Å². The van der Waals surface area contributed by atoms with Gasteiger partial charge in [0.2, 0.25) is 11.8 Å². The molecule has 27 heavy (non-hydrogen) atoms. The number of amides is 2. The maximum absolute atomic E-state index is 13.8. The third-order valence-electron chi connectivity index (χ3n) is 5.10. The van der Waals surface area contributed by atoms with Crippen LogP contribution in [0.4, 0.5) is 14.5 Å². The second kappa shape index (κ2) is 7.10. The summed E-state index contributed by atoms with van der Waals surface area (Å²) in [6.07, 6.45) is 2.29. The molecule has 1 heterocycles. The van der Waals surface area contributed by atoms with E-state index in [0.717, 1.165) is 12.8 Å². The van der Waals surface area contributed by atoms with Crippen LogP contribution in [0.3, 0.4) is 0 Å². The quantitative estimate of drug-likeness (QED) is 0.831. The fraction of sp³-hybridized carbons (Fsp3) is 0.333. The second-order valence-corrected chi connectivity index (χ2v) is 7.12. The van der Waals surface area contributed by atoms with Crippen molar-refractivity contribution in [3.05, 3.63) is 65.2 Å². The van der Waals surface area contributed by atoms with Crippen molar-refractivity contribution in [2.45, 2.75) is 38.3 Å². The van der Waals surface area contributed by atoms with Gasteiger partial charge in [0.25, 0.3) is 0 Å². The topological polar surface area (TPSA) is 40.6 Å². The summed E-state index contributed by atoms with van der Waals surface area (Å²) in [6.45, 7) is 0.567. The van der Waals surface area contributed by atoms with E-state index in [1.807, 2.05) is 0 Å². The van der Waals surface area contributed by atoms with E-state index in [0.29, 0.717) is 23.4 Å². The summed E-state index contributed by atoms with van der Waals surface area (Å²) >= 11 is 0. The predicted molar refractivity (Wildman–Crippen MR) is 97.0 cm³/mol. The molecule has 0 bridgehead atoms. The first-order valence-corrected chi connectivity index (χ1v) is 9.14. The molecule has 1 saturated carbocycles. The minimum atomic E-state index is -0.386. The first-order chi connectivity index (χ1) is 13.0. The van der Waals surface area contributed by atoms with Crippen LogP contribution in [-0.4, -0.2) is 29.3 Å². The molecule has 1 aliphatic heterocycles. The molecule has 0 unspecified atom stereocenters. The monoisotopic (exact) mass is 370 g/mol. The molecule has 4 nitrogen and oxygen atoms in total. The molecule has 140 valence electrons. The highest BCUT2D eigenvalue weighted by Gasteiger charge is 2.35. The zero-order valence-electron chi connectivity index (χ0n) is 14.8. The first kappa shape index (κ1) is 17.6. The summed E-state index contributed by atoms with van der Waals surface area (Å²) in [5.41, 5.74) is 1.97. The second-order valence-electron chi connectivity index (χ2n) is 7.12. The Labute approximate surface area is 156 Å². The molecule has 2 amide bonds. The molecule has 4 rings (SSSR count). The molecule has 2 aliphatic rings. The van der Waals surface area contributed by atoms with Crippen LogP contribution in [0.2, 0.25) is 0 Å². The average molecular weight is 370 g/mol. The summed E-state index contributed by atoms with van der Waals surface area (Å²) in [5.74, 6) is -0.943. The minimum Gasteiger partial charge on any atom is -0.335 e. The maximum atomic E-state index is 13.8. The number of fused-ring (bicyclic) bond motifs is 1. The molecule has 0 atom stereocenters. The Kier molecular flexibility index (Phi) is 4.64. The molecule has 0 radical (unpaired) electrons. The van der Waals surface area contributed by atoms with Crippen molar-refractivity contribution in [2.24, 2.45) is 0 Å². The van der Waals surface area contributed by atoms with E-state index in [-0.39, 0.29) is 48.9 Å². The molecule has 1 aliphatic carbocycles. The van der Waals surface area contributed by atoms with E-state index in [1.54, 1.807) is 28.0 Å². The highest BCUT2D eigenvalue weighted by Crippen LogP contribution is 2.33. The molecular formula is C21H20F2N2O2.